The molecule has 0 aromatic heterocycles. The smallest absolute Gasteiger partial charge is 0.240 e. The van der Waals surface area contributed by atoms with Crippen molar-refractivity contribution in [3.05, 3.63) is 33.8 Å². The number of benzene rings is 1. The molecule has 6 heteroatoms. The summed E-state index contributed by atoms with van der Waals surface area (Å²) in [5.74, 6) is -0.226. The lowest BCUT2D eigenvalue weighted by molar-refractivity contribution is -0.121. The first-order valence-corrected chi connectivity index (χ1v) is 8.23. The Balaban J connectivity index is 2.29. The number of aliphatic hydroxyl groups excluding tert-OH is 1. The number of aliphatic hydroxyl groups is 1. The minimum atomic E-state index is -0.424. The highest BCUT2D eigenvalue weighted by molar-refractivity contribution is 6.36. The third-order valence-electron chi connectivity index (χ3n) is 3.20. The molecule has 1 amide bonds. The molecule has 1 atom stereocenters. The molecule has 2 N–H and O–H groups in total. The molecule has 0 aliphatic rings. The first-order valence-electron chi connectivity index (χ1n) is 7.48. The number of carbonyl (C=O) groups is 1. The second-order valence-corrected chi connectivity index (χ2v) is 5.99. The van der Waals surface area contributed by atoms with E-state index in [4.69, 9.17) is 23.2 Å². The lowest BCUT2D eigenvalue weighted by Crippen LogP contribution is -2.19. The second-order valence-electron chi connectivity index (χ2n) is 5.15. The predicted molar refractivity (Wildman–Crippen MR) is 91.6 cm³/mol. The number of rotatable bonds is 9. The van der Waals surface area contributed by atoms with Crippen LogP contribution in [0.3, 0.4) is 0 Å². The summed E-state index contributed by atoms with van der Waals surface area (Å²) in [6, 6.07) is 5.03. The zero-order valence-corrected chi connectivity index (χ0v) is 14.2. The van der Waals surface area contributed by atoms with Crippen molar-refractivity contribution in [1.82, 2.24) is 5.43 Å². The Morgan fingerprint density at radius 2 is 2.14 bits per heavy atom. The van der Waals surface area contributed by atoms with E-state index in [0.717, 1.165) is 25.7 Å². The highest BCUT2D eigenvalue weighted by atomic mass is 35.5. The van der Waals surface area contributed by atoms with Crippen molar-refractivity contribution in [3.63, 3.8) is 0 Å². The first kappa shape index (κ1) is 18.9. The van der Waals surface area contributed by atoms with Gasteiger partial charge in [0.2, 0.25) is 5.91 Å². The van der Waals surface area contributed by atoms with Crippen LogP contribution in [0.25, 0.3) is 0 Å². The summed E-state index contributed by atoms with van der Waals surface area (Å²) in [6.07, 6.45) is 5.70. The molecule has 0 heterocycles. The molecule has 0 aliphatic heterocycles. The third-order valence-corrected chi connectivity index (χ3v) is 3.76. The molecule has 22 heavy (non-hydrogen) atoms. The Labute approximate surface area is 141 Å². The van der Waals surface area contributed by atoms with Gasteiger partial charge in [-0.05, 0) is 25.0 Å². The summed E-state index contributed by atoms with van der Waals surface area (Å²) in [5.41, 5.74) is 3.10. The fraction of sp³-hybridized carbons (Fsp3) is 0.500. The largest absolute Gasteiger partial charge is 0.393 e. The van der Waals surface area contributed by atoms with E-state index < -0.39 is 6.10 Å². The van der Waals surface area contributed by atoms with Crippen LogP contribution in [-0.2, 0) is 4.79 Å². The van der Waals surface area contributed by atoms with Gasteiger partial charge in [-0.15, -0.1) is 0 Å². The van der Waals surface area contributed by atoms with Crippen LogP contribution in [0.5, 0.6) is 0 Å². The second kappa shape index (κ2) is 10.6. The highest BCUT2D eigenvalue weighted by Gasteiger charge is 2.07. The number of amides is 1. The lowest BCUT2D eigenvalue weighted by atomic mass is 10.1. The number of unbranched alkanes of at least 4 members (excludes halogenated alkanes) is 2. The number of nitrogens with one attached hydrogen (secondary N) is 1. The van der Waals surface area contributed by atoms with Crippen molar-refractivity contribution >= 4 is 35.3 Å². The van der Waals surface area contributed by atoms with Gasteiger partial charge in [-0.1, -0.05) is 55.5 Å². The number of carbonyl (C=O) groups excluding carboxylic acids is 1. The maximum absolute atomic E-state index is 11.6. The monoisotopic (exact) mass is 344 g/mol. The van der Waals surface area contributed by atoms with Crippen LogP contribution in [0, 0.1) is 0 Å². The zero-order valence-electron chi connectivity index (χ0n) is 12.7. The predicted octanol–water partition coefficient (Wildman–Crippen LogP) is 4.16. The van der Waals surface area contributed by atoms with Crippen LogP contribution in [-0.4, -0.2) is 23.3 Å². The van der Waals surface area contributed by atoms with E-state index >= 15 is 0 Å². The fourth-order valence-electron chi connectivity index (χ4n) is 1.91. The summed E-state index contributed by atoms with van der Waals surface area (Å²) in [6.45, 7) is 2.12. The quantitative estimate of drug-likeness (QED) is 0.401. The van der Waals surface area contributed by atoms with E-state index in [1.54, 1.807) is 18.2 Å². The molecule has 0 saturated carbocycles. The molecule has 1 aromatic rings. The van der Waals surface area contributed by atoms with Crippen molar-refractivity contribution in [3.8, 4) is 0 Å². The first-order chi connectivity index (χ1) is 10.5. The molecule has 0 bridgehead atoms. The summed E-state index contributed by atoms with van der Waals surface area (Å²) in [4.78, 5) is 11.6. The lowest BCUT2D eigenvalue weighted by Gasteiger charge is -2.08. The molecule has 0 radical (unpaired) electrons. The SMILES string of the molecule is CCCCCC(O)CCC(=O)NN=Cc1ccc(Cl)cc1Cl. The average Bonchev–Trinajstić information content (AvgIpc) is 2.47. The van der Waals surface area contributed by atoms with Crippen LogP contribution in [0.15, 0.2) is 23.3 Å². The van der Waals surface area contributed by atoms with Gasteiger partial charge in [-0.3, -0.25) is 4.79 Å². The van der Waals surface area contributed by atoms with E-state index in [1.807, 2.05) is 0 Å². The van der Waals surface area contributed by atoms with Gasteiger partial charge in [-0.25, -0.2) is 5.43 Å². The van der Waals surface area contributed by atoms with Crippen molar-refractivity contribution in [2.45, 2.75) is 51.6 Å². The van der Waals surface area contributed by atoms with E-state index in [-0.39, 0.29) is 12.3 Å². The van der Waals surface area contributed by atoms with Crippen LogP contribution in [0.2, 0.25) is 10.0 Å². The fourth-order valence-corrected chi connectivity index (χ4v) is 2.37. The van der Waals surface area contributed by atoms with Crippen molar-refractivity contribution in [2.24, 2.45) is 5.10 Å². The minimum Gasteiger partial charge on any atom is -0.393 e. The zero-order chi connectivity index (χ0) is 16.4. The molecule has 0 aliphatic carbocycles. The molecular formula is C16H22Cl2N2O2. The Bertz CT molecular complexity index is 507. The molecule has 0 fully saturated rings. The number of hydrogen-bond acceptors (Lipinski definition) is 3. The van der Waals surface area contributed by atoms with Gasteiger partial charge in [0.15, 0.2) is 0 Å². The highest BCUT2D eigenvalue weighted by Crippen LogP contribution is 2.19. The van der Waals surface area contributed by atoms with E-state index in [0.29, 0.717) is 22.0 Å². The standard InChI is InChI=1S/C16H22Cl2N2O2/c1-2-3-4-5-14(21)8-9-16(22)20-19-11-12-6-7-13(17)10-15(12)18/h6-7,10-11,14,21H,2-5,8-9H2,1H3,(H,20,22). The molecule has 1 rings (SSSR count). The molecule has 1 aromatic carbocycles. The van der Waals surface area contributed by atoms with Crippen LogP contribution in [0.4, 0.5) is 0 Å². The van der Waals surface area contributed by atoms with Crippen molar-refractivity contribution in [1.29, 1.82) is 0 Å². The average molecular weight is 345 g/mol. The summed E-state index contributed by atoms with van der Waals surface area (Å²) in [5, 5.41) is 14.6. The van der Waals surface area contributed by atoms with Crippen molar-refractivity contribution < 1.29 is 9.90 Å². The van der Waals surface area contributed by atoms with Gasteiger partial charge in [0, 0.05) is 17.0 Å². The Morgan fingerprint density at radius 3 is 2.82 bits per heavy atom. The van der Waals surface area contributed by atoms with Crippen LogP contribution >= 0.6 is 23.2 Å². The van der Waals surface area contributed by atoms with Gasteiger partial charge < -0.3 is 5.11 Å². The van der Waals surface area contributed by atoms with Crippen LogP contribution < -0.4 is 5.43 Å². The number of hydrazone groups is 1. The summed E-state index contributed by atoms with van der Waals surface area (Å²) < 4.78 is 0. The maximum atomic E-state index is 11.6. The summed E-state index contributed by atoms with van der Waals surface area (Å²) in [7, 11) is 0. The van der Waals surface area contributed by atoms with Gasteiger partial charge in [0.05, 0.1) is 17.3 Å². The molecule has 1 unspecified atom stereocenters. The van der Waals surface area contributed by atoms with Crippen LogP contribution in [0.1, 0.15) is 51.0 Å². The minimum absolute atomic E-state index is 0.226. The van der Waals surface area contributed by atoms with Crippen molar-refractivity contribution in [2.75, 3.05) is 0 Å². The van der Waals surface area contributed by atoms with E-state index in [1.165, 1.54) is 6.21 Å². The Morgan fingerprint density at radius 1 is 1.36 bits per heavy atom. The van der Waals surface area contributed by atoms with Gasteiger partial charge in [-0.2, -0.15) is 5.10 Å². The molecule has 0 saturated heterocycles. The van der Waals surface area contributed by atoms with Gasteiger partial charge in [0.1, 0.15) is 0 Å². The molecule has 0 spiro atoms. The maximum Gasteiger partial charge on any atom is 0.240 e. The molecule has 122 valence electrons. The Hall–Kier alpha value is -1.10. The van der Waals surface area contributed by atoms with Gasteiger partial charge >= 0.3 is 0 Å². The number of nitrogens with zero attached hydrogens (tertiary/aromatic N) is 1. The molecule has 4 nitrogen and oxygen atoms in total. The number of hydrogen-bond donors (Lipinski definition) is 2. The summed E-state index contributed by atoms with van der Waals surface area (Å²) >= 11 is 11.8. The normalized spacial score (nSPS) is 12.5. The van der Waals surface area contributed by atoms with E-state index in [2.05, 4.69) is 17.5 Å². The van der Waals surface area contributed by atoms with Gasteiger partial charge in [0.25, 0.3) is 0 Å². The Kier molecular flexibility index (Phi) is 9.13. The third kappa shape index (κ3) is 7.78. The topological polar surface area (TPSA) is 61.7 Å². The number of halogens is 2. The van der Waals surface area contributed by atoms with E-state index in [9.17, 15) is 9.90 Å². The molecular weight excluding hydrogens is 323 g/mol.